The highest BCUT2D eigenvalue weighted by atomic mass is 16.5. The van der Waals surface area contributed by atoms with Crippen molar-refractivity contribution in [3.63, 3.8) is 0 Å². The van der Waals surface area contributed by atoms with Gasteiger partial charge in [0.15, 0.2) is 5.82 Å². The molecule has 1 saturated heterocycles. The Morgan fingerprint density at radius 1 is 1.14 bits per heavy atom. The third kappa shape index (κ3) is 2.56. The smallest absolute Gasteiger partial charge is 0.229 e. The van der Waals surface area contributed by atoms with Crippen LogP contribution in [0, 0.1) is 6.92 Å². The SMILES string of the molecule is Cc1noc(C2CCN(C3CCCc4ccccc43)CC2)n1. The Hall–Kier alpha value is -1.68. The van der Waals surface area contributed by atoms with Crippen LogP contribution in [0.2, 0.25) is 0 Å². The molecule has 1 aliphatic carbocycles. The van der Waals surface area contributed by atoms with Gasteiger partial charge in [0, 0.05) is 12.0 Å². The van der Waals surface area contributed by atoms with Crippen molar-refractivity contribution in [1.82, 2.24) is 15.0 Å². The molecule has 1 fully saturated rings. The fourth-order valence-electron chi connectivity index (χ4n) is 4.04. The van der Waals surface area contributed by atoms with Crippen LogP contribution in [0.3, 0.4) is 0 Å². The van der Waals surface area contributed by atoms with Crippen LogP contribution < -0.4 is 0 Å². The zero-order valence-corrected chi connectivity index (χ0v) is 13.2. The highest BCUT2D eigenvalue weighted by Crippen LogP contribution is 2.37. The fourth-order valence-corrected chi connectivity index (χ4v) is 4.04. The quantitative estimate of drug-likeness (QED) is 0.849. The van der Waals surface area contributed by atoms with Crippen LogP contribution in [0.15, 0.2) is 28.8 Å². The van der Waals surface area contributed by atoms with Gasteiger partial charge in [-0.25, -0.2) is 0 Å². The molecule has 1 aliphatic heterocycles. The van der Waals surface area contributed by atoms with E-state index in [1.54, 1.807) is 11.1 Å². The molecule has 1 aromatic heterocycles. The first-order valence-corrected chi connectivity index (χ1v) is 8.43. The molecule has 1 aromatic carbocycles. The number of hydrogen-bond donors (Lipinski definition) is 0. The number of benzene rings is 1. The summed E-state index contributed by atoms with van der Waals surface area (Å²) < 4.78 is 5.36. The Kier molecular flexibility index (Phi) is 3.70. The summed E-state index contributed by atoms with van der Waals surface area (Å²) in [6.45, 7) is 4.15. The van der Waals surface area contributed by atoms with Gasteiger partial charge in [0.1, 0.15) is 0 Å². The van der Waals surface area contributed by atoms with E-state index in [0.29, 0.717) is 12.0 Å². The van der Waals surface area contributed by atoms with Gasteiger partial charge in [-0.15, -0.1) is 0 Å². The first kappa shape index (κ1) is 13.9. The number of nitrogens with zero attached hydrogens (tertiary/aromatic N) is 3. The maximum Gasteiger partial charge on any atom is 0.229 e. The first-order valence-electron chi connectivity index (χ1n) is 8.43. The predicted molar refractivity (Wildman–Crippen MR) is 84.7 cm³/mol. The molecule has 0 saturated carbocycles. The zero-order chi connectivity index (χ0) is 14.9. The van der Waals surface area contributed by atoms with Crippen molar-refractivity contribution in [3.8, 4) is 0 Å². The summed E-state index contributed by atoms with van der Waals surface area (Å²) in [7, 11) is 0. The molecule has 0 amide bonds. The minimum Gasteiger partial charge on any atom is -0.339 e. The second-order valence-corrected chi connectivity index (χ2v) is 6.60. The molecule has 4 heteroatoms. The molecule has 0 radical (unpaired) electrons. The molecule has 2 aliphatic rings. The highest BCUT2D eigenvalue weighted by molar-refractivity contribution is 5.32. The number of aromatic nitrogens is 2. The zero-order valence-electron chi connectivity index (χ0n) is 13.2. The van der Waals surface area contributed by atoms with E-state index < -0.39 is 0 Å². The van der Waals surface area contributed by atoms with Crippen molar-refractivity contribution in [2.45, 2.75) is 51.0 Å². The van der Waals surface area contributed by atoms with Crippen molar-refractivity contribution < 1.29 is 4.52 Å². The lowest BCUT2D eigenvalue weighted by atomic mass is 9.85. The van der Waals surface area contributed by atoms with Crippen molar-refractivity contribution in [3.05, 3.63) is 47.1 Å². The molecule has 22 heavy (non-hydrogen) atoms. The molecule has 2 aromatic rings. The van der Waals surface area contributed by atoms with Crippen LogP contribution in [-0.4, -0.2) is 28.1 Å². The number of hydrogen-bond acceptors (Lipinski definition) is 4. The molecule has 0 N–H and O–H groups in total. The Balaban J connectivity index is 1.46. The molecule has 2 heterocycles. The van der Waals surface area contributed by atoms with Gasteiger partial charge in [-0.05, 0) is 63.2 Å². The number of fused-ring (bicyclic) bond motifs is 1. The van der Waals surface area contributed by atoms with E-state index in [1.807, 2.05) is 6.92 Å². The number of likely N-dealkylation sites (tertiary alicyclic amines) is 1. The number of piperidine rings is 1. The highest BCUT2D eigenvalue weighted by Gasteiger charge is 2.31. The van der Waals surface area contributed by atoms with E-state index in [0.717, 1.165) is 37.6 Å². The van der Waals surface area contributed by atoms with Crippen molar-refractivity contribution >= 4 is 0 Å². The average molecular weight is 297 g/mol. The minimum absolute atomic E-state index is 0.441. The summed E-state index contributed by atoms with van der Waals surface area (Å²) in [4.78, 5) is 7.08. The normalized spacial score (nSPS) is 23.4. The van der Waals surface area contributed by atoms with E-state index in [-0.39, 0.29) is 0 Å². The van der Waals surface area contributed by atoms with E-state index in [1.165, 1.54) is 19.3 Å². The molecule has 4 nitrogen and oxygen atoms in total. The summed E-state index contributed by atoms with van der Waals surface area (Å²) in [5, 5.41) is 3.93. The van der Waals surface area contributed by atoms with E-state index in [4.69, 9.17) is 4.52 Å². The van der Waals surface area contributed by atoms with Gasteiger partial charge in [-0.2, -0.15) is 4.98 Å². The van der Waals surface area contributed by atoms with Crippen LogP contribution in [0.1, 0.15) is 60.5 Å². The monoisotopic (exact) mass is 297 g/mol. The van der Waals surface area contributed by atoms with Gasteiger partial charge in [-0.3, -0.25) is 4.90 Å². The maximum atomic E-state index is 5.36. The van der Waals surface area contributed by atoms with Crippen LogP contribution in [0.25, 0.3) is 0 Å². The molecule has 1 atom stereocenters. The topological polar surface area (TPSA) is 42.2 Å². The number of aryl methyl sites for hydroxylation is 2. The summed E-state index contributed by atoms with van der Waals surface area (Å²) >= 11 is 0. The van der Waals surface area contributed by atoms with E-state index >= 15 is 0 Å². The van der Waals surface area contributed by atoms with Gasteiger partial charge in [0.05, 0.1) is 0 Å². The van der Waals surface area contributed by atoms with Crippen LogP contribution in [-0.2, 0) is 6.42 Å². The lowest BCUT2D eigenvalue weighted by Crippen LogP contribution is -2.37. The van der Waals surface area contributed by atoms with Crippen molar-refractivity contribution in [2.24, 2.45) is 0 Å². The second-order valence-electron chi connectivity index (χ2n) is 6.60. The van der Waals surface area contributed by atoms with Crippen LogP contribution in [0.5, 0.6) is 0 Å². The van der Waals surface area contributed by atoms with Crippen LogP contribution >= 0.6 is 0 Å². The van der Waals surface area contributed by atoms with Gasteiger partial charge >= 0.3 is 0 Å². The standard InChI is InChI=1S/C18H23N3O/c1-13-19-18(22-20-13)15-9-11-21(12-10-15)17-8-4-6-14-5-2-3-7-16(14)17/h2-3,5,7,15,17H,4,6,8-12H2,1H3. The Morgan fingerprint density at radius 3 is 2.73 bits per heavy atom. The molecule has 0 spiro atoms. The molecular weight excluding hydrogens is 274 g/mol. The van der Waals surface area contributed by atoms with Gasteiger partial charge < -0.3 is 4.52 Å². The summed E-state index contributed by atoms with van der Waals surface area (Å²) in [6, 6.07) is 9.59. The van der Waals surface area contributed by atoms with E-state index in [9.17, 15) is 0 Å². The number of rotatable bonds is 2. The average Bonchev–Trinajstić information content (AvgIpc) is 3.01. The fraction of sp³-hybridized carbons (Fsp3) is 0.556. The third-order valence-electron chi connectivity index (χ3n) is 5.20. The lowest BCUT2D eigenvalue weighted by Gasteiger charge is -2.39. The molecule has 1 unspecified atom stereocenters. The Bertz CT molecular complexity index is 643. The second kappa shape index (κ2) is 5.84. The van der Waals surface area contributed by atoms with Gasteiger partial charge in [0.25, 0.3) is 0 Å². The summed E-state index contributed by atoms with van der Waals surface area (Å²) in [5.41, 5.74) is 3.11. The lowest BCUT2D eigenvalue weighted by molar-refractivity contribution is 0.130. The molecular formula is C18H23N3O. The largest absolute Gasteiger partial charge is 0.339 e. The van der Waals surface area contributed by atoms with Crippen molar-refractivity contribution in [1.29, 1.82) is 0 Å². The predicted octanol–water partition coefficient (Wildman–Crippen LogP) is 3.64. The van der Waals surface area contributed by atoms with E-state index in [2.05, 4.69) is 39.3 Å². The van der Waals surface area contributed by atoms with Gasteiger partial charge in [-0.1, -0.05) is 29.4 Å². The summed E-state index contributed by atoms with van der Waals surface area (Å²) in [5.74, 6) is 2.02. The Labute approximate surface area is 131 Å². The molecule has 116 valence electrons. The molecule has 4 rings (SSSR count). The molecule has 0 bridgehead atoms. The third-order valence-corrected chi connectivity index (χ3v) is 5.20. The van der Waals surface area contributed by atoms with Gasteiger partial charge in [0.2, 0.25) is 5.89 Å². The maximum absolute atomic E-state index is 5.36. The Morgan fingerprint density at radius 2 is 1.95 bits per heavy atom. The first-order chi connectivity index (χ1) is 10.8. The van der Waals surface area contributed by atoms with Crippen LogP contribution in [0.4, 0.5) is 0 Å². The summed E-state index contributed by atoms with van der Waals surface area (Å²) in [6.07, 6.45) is 6.09. The minimum atomic E-state index is 0.441. The van der Waals surface area contributed by atoms with Crippen molar-refractivity contribution in [2.75, 3.05) is 13.1 Å².